The molecule has 1 saturated heterocycles. The Morgan fingerprint density at radius 1 is 1.50 bits per heavy atom. The number of rotatable bonds is 1. The summed E-state index contributed by atoms with van der Waals surface area (Å²) in [5.41, 5.74) is 2.09. The van der Waals surface area contributed by atoms with Crippen LogP contribution in [0.1, 0.15) is 29.9 Å². The average molecular weight is 219 g/mol. The van der Waals surface area contributed by atoms with E-state index in [2.05, 4.69) is 11.9 Å². The number of hydrogen-bond donors (Lipinski definition) is 1. The molecule has 1 aliphatic heterocycles. The third-order valence-electron chi connectivity index (χ3n) is 2.95. The molecule has 1 N–H and O–H groups in total. The van der Waals surface area contributed by atoms with E-state index in [4.69, 9.17) is 0 Å². The predicted octanol–water partition coefficient (Wildman–Crippen LogP) is 2.64. The molecular weight excluding hydrogens is 205 g/mol. The summed E-state index contributed by atoms with van der Waals surface area (Å²) in [5.74, 6) is -0.588. The summed E-state index contributed by atoms with van der Waals surface area (Å²) >= 11 is 0. The number of benzene rings is 1. The first-order chi connectivity index (χ1) is 7.58. The molecule has 0 aliphatic carbocycles. The summed E-state index contributed by atoms with van der Waals surface area (Å²) in [6.45, 7) is 5.43. The highest BCUT2D eigenvalue weighted by atomic mass is 19.1. The first-order valence-corrected chi connectivity index (χ1v) is 5.32. The van der Waals surface area contributed by atoms with E-state index in [0.29, 0.717) is 12.0 Å². The molecule has 1 aromatic rings. The Morgan fingerprint density at radius 2 is 2.25 bits per heavy atom. The van der Waals surface area contributed by atoms with Crippen molar-refractivity contribution in [3.8, 4) is 0 Å². The minimum absolute atomic E-state index is 0.0838. The maximum Gasteiger partial charge on any atom is 0.231 e. The molecule has 16 heavy (non-hydrogen) atoms. The molecule has 0 saturated carbocycles. The predicted molar refractivity (Wildman–Crippen MR) is 60.4 cm³/mol. The molecule has 0 aromatic heterocycles. The number of carbonyl (C=O) groups excluding carboxylic acids is 1. The second kappa shape index (κ2) is 4.08. The van der Waals surface area contributed by atoms with Gasteiger partial charge in [-0.05, 0) is 37.0 Å². The lowest BCUT2D eigenvalue weighted by Crippen LogP contribution is -2.33. The second-order valence-electron chi connectivity index (χ2n) is 4.19. The van der Waals surface area contributed by atoms with Crippen molar-refractivity contribution in [3.05, 3.63) is 47.4 Å². The first kappa shape index (κ1) is 10.9. The van der Waals surface area contributed by atoms with Crippen molar-refractivity contribution < 1.29 is 9.18 Å². The normalized spacial score (nSPS) is 20.8. The van der Waals surface area contributed by atoms with Crippen molar-refractivity contribution >= 4 is 5.91 Å². The maximum absolute atomic E-state index is 13.4. The SMILES string of the molecule is C=C1CCC(c2ccc(C)c(F)c2)C(=O)N1. The number of halogens is 1. The van der Waals surface area contributed by atoms with E-state index >= 15 is 0 Å². The van der Waals surface area contributed by atoms with Crippen LogP contribution in [0.4, 0.5) is 4.39 Å². The third kappa shape index (κ3) is 1.98. The zero-order valence-electron chi connectivity index (χ0n) is 9.22. The van der Waals surface area contributed by atoms with Gasteiger partial charge in [-0.15, -0.1) is 0 Å². The largest absolute Gasteiger partial charge is 0.330 e. The Bertz CT molecular complexity index is 453. The van der Waals surface area contributed by atoms with Crippen LogP contribution in [0.5, 0.6) is 0 Å². The molecule has 2 rings (SSSR count). The van der Waals surface area contributed by atoms with E-state index in [1.54, 1.807) is 13.0 Å². The third-order valence-corrected chi connectivity index (χ3v) is 2.95. The molecule has 1 heterocycles. The van der Waals surface area contributed by atoms with Crippen LogP contribution < -0.4 is 5.32 Å². The van der Waals surface area contributed by atoms with Crippen LogP contribution >= 0.6 is 0 Å². The smallest absolute Gasteiger partial charge is 0.231 e. The minimum atomic E-state index is -0.255. The lowest BCUT2D eigenvalue weighted by atomic mass is 9.89. The molecule has 0 radical (unpaired) electrons. The van der Waals surface area contributed by atoms with E-state index < -0.39 is 0 Å². The summed E-state index contributed by atoms with van der Waals surface area (Å²) in [5, 5.41) is 2.71. The lowest BCUT2D eigenvalue weighted by molar-refractivity contribution is -0.122. The van der Waals surface area contributed by atoms with E-state index in [-0.39, 0.29) is 17.6 Å². The Labute approximate surface area is 94.2 Å². The highest BCUT2D eigenvalue weighted by Crippen LogP contribution is 2.28. The monoisotopic (exact) mass is 219 g/mol. The Hall–Kier alpha value is -1.64. The molecule has 84 valence electrons. The van der Waals surface area contributed by atoms with Crippen molar-refractivity contribution in [1.29, 1.82) is 0 Å². The van der Waals surface area contributed by atoms with Gasteiger partial charge in [0.25, 0.3) is 0 Å². The van der Waals surface area contributed by atoms with Gasteiger partial charge in [-0.3, -0.25) is 4.79 Å². The number of piperidine rings is 1. The highest BCUT2D eigenvalue weighted by Gasteiger charge is 2.25. The van der Waals surface area contributed by atoms with Gasteiger partial charge in [0.05, 0.1) is 5.92 Å². The van der Waals surface area contributed by atoms with Crippen LogP contribution in [0.3, 0.4) is 0 Å². The molecular formula is C13H14FNO. The van der Waals surface area contributed by atoms with Crippen LogP contribution in [0.25, 0.3) is 0 Å². The Balaban J connectivity index is 2.27. The van der Waals surface area contributed by atoms with Gasteiger partial charge in [0.15, 0.2) is 0 Å². The summed E-state index contributed by atoms with van der Waals surface area (Å²) in [6, 6.07) is 4.98. The minimum Gasteiger partial charge on any atom is -0.330 e. The molecule has 0 bridgehead atoms. The number of allylic oxidation sites excluding steroid dienone is 1. The van der Waals surface area contributed by atoms with Crippen molar-refractivity contribution in [2.24, 2.45) is 0 Å². The van der Waals surface area contributed by atoms with Crippen LogP contribution in [0.15, 0.2) is 30.5 Å². The Kier molecular flexibility index (Phi) is 2.77. The molecule has 1 amide bonds. The van der Waals surface area contributed by atoms with Crippen molar-refractivity contribution in [2.45, 2.75) is 25.7 Å². The Morgan fingerprint density at radius 3 is 2.88 bits per heavy atom. The number of nitrogens with one attached hydrogen (secondary N) is 1. The molecule has 1 unspecified atom stereocenters. The summed E-state index contributed by atoms with van der Waals surface area (Å²) in [7, 11) is 0. The molecule has 0 spiro atoms. The van der Waals surface area contributed by atoms with Gasteiger partial charge in [-0.25, -0.2) is 4.39 Å². The van der Waals surface area contributed by atoms with Gasteiger partial charge in [0.2, 0.25) is 5.91 Å². The molecule has 1 aliphatic rings. The fourth-order valence-corrected chi connectivity index (χ4v) is 1.92. The van der Waals surface area contributed by atoms with E-state index in [9.17, 15) is 9.18 Å². The van der Waals surface area contributed by atoms with Gasteiger partial charge >= 0.3 is 0 Å². The number of aryl methyl sites for hydroxylation is 1. The van der Waals surface area contributed by atoms with Gasteiger partial charge < -0.3 is 5.32 Å². The molecule has 1 atom stereocenters. The topological polar surface area (TPSA) is 29.1 Å². The second-order valence-corrected chi connectivity index (χ2v) is 4.19. The molecule has 1 fully saturated rings. The fourth-order valence-electron chi connectivity index (χ4n) is 1.92. The highest BCUT2D eigenvalue weighted by molar-refractivity contribution is 5.86. The van der Waals surface area contributed by atoms with E-state index in [1.807, 2.05) is 6.07 Å². The number of hydrogen-bond acceptors (Lipinski definition) is 1. The van der Waals surface area contributed by atoms with Gasteiger partial charge in [-0.1, -0.05) is 18.7 Å². The first-order valence-electron chi connectivity index (χ1n) is 5.32. The van der Waals surface area contributed by atoms with Crippen LogP contribution in [-0.4, -0.2) is 5.91 Å². The summed E-state index contributed by atoms with van der Waals surface area (Å²) in [4.78, 5) is 11.7. The van der Waals surface area contributed by atoms with Crippen LogP contribution in [0.2, 0.25) is 0 Å². The number of carbonyl (C=O) groups is 1. The lowest BCUT2D eigenvalue weighted by Gasteiger charge is -2.23. The zero-order valence-corrected chi connectivity index (χ0v) is 9.22. The van der Waals surface area contributed by atoms with E-state index in [0.717, 1.165) is 17.7 Å². The maximum atomic E-state index is 13.4. The quantitative estimate of drug-likeness (QED) is 0.773. The van der Waals surface area contributed by atoms with Gasteiger partial charge in [-0.2, -0.15) is 0 Å². The van der Waals surface area contributed by atoms with Crippen molar-refractivity contribution in [2.75, 3.05) is 0 Å². The molecule has 2 nitrogen and oxygen atoms in total. The number of amides is 1. The fraction of sp³-hybridized carbons (Fsp3) is 0.308. The van der Waals surface area contributed by atoms with Crippen molar-refractivity contribution in [1.82, 2.24) is 5.32 Å². The van der Waals surface area contributed by atoms with Gasteiger partial charge in [0, 0.05) is 5.70 Å². The zero-order chi connectivity index (χ0) is 11.7. The summed E-state index contributed by atoms with van der Waals surface area (Å²) < 4.78 is 13.4. The standard InChI is InChI=1S/C13H14FNO/c1-8-3-5-10(7-12(8)14)11-6-4-9(2)15-13(11)16/h3,5,7,11H,2,4,6H2,1H3,(H,15,16). The van der Waals surface area contributed by atoms with E-state index in [1.165, 1.54) is 6.07 Å². The van der Waals surface area contributed by atoms with Gasteiger partial charge in [0.1, 0.15) is 5.82 Å². The molecule has 1 aromatic carbocycles. The van der Waals surface area contributed by atoms with Crippen LogP contribution in [0, 0.1) is 12.7 Å². The summed E-state index contributed by atoms with van der Waals surface area (Å²) in [6.07, 6.45) is 1.46. The van der Waals surface area contributed by atoms with Crippen molar-refractivity contribution in [3.63, 3.8) is 0 Å². The average Bonchev–Trinajstić information content (AvgIpc) is 2.22. The molecule has 3 heteroatoms. The van der Waals surface area contributed by atoms with Crippen LogP contribution in [-0.2, 0) is 4.79 Å².